The Hall–Kier alpha value is -0.580. The zero-order valence-corrected chi connectivity index (χ0v) is 27.6. The first-order valence-corrected chi connectivity index (χ1v) is 17.8. The maximum atomic E-state index is 6.24. The lowest BCUT2D eigenvalue weighted by molar-refractivity contribution is -0.148. The second kappa shape index (κ2) is 36.4. The van der Waals surface area contributed by atoms with Crippen molar-refractivity contribution in [1.82, 2.24) is 0 Å². The normalized spacial score (nSPS) is 11.8. The van der Waals surface area contributed by atoms with Gasteiger partial charge in [0.1, 0.15) is 0 Å². The van der Waals surface area contributed by atoms with Gasteiger partial charge in [0.05, 0.1) is 6.26 Å². The van der Waals surface area contributed by atoms with E-state index in [9.17, 15) is 0 Å². The van der Waals surface area contributed by atoms with Gasteiger partial charge in [-0.15, -0.1) is 0 Å². The van der Waals surface area contributed by atoms with E-state index in [1.807, 2.05) is 0 Å². The monoisotopic (exact) mass is 569 g/mol. The molecule has 240 valence electrons. The molecule has 0 aliphatic carbocycles. The highest BCUT2D eigenvalue weighted by molar-refractivity contribution is 4.72. The van der Waals surface area contributed by atoms with Gasteiger partial charge in [0.15, 0.2) is 13.1 Å². The third kappa shape index (κ3) is 33.6. The fraction of sp³-hybridized carbons (Fsp3) is 0.944. The Labute approximate surface area is 251 Å². The molecule has 0 atom stereocenters. The van der Waals surface area contributed by atoms with Crippen LogP contribution in [0.1, 0.15) is 187 Å². The molecule has 0 saturated heterocycles. The first-order valence-electron chi connectivity index (χ1n) is 17.8. The molecule has 0 radical (unpaired) electrons. The summed E-state index contributed by atoms with van der Waals surface area (Å²) in [5, 5.41) is 0. The predicted octanol–water partition coefficient (Wildman–Crippen LogP) is 12.1. The van der Waals surface area contributed by atoms with E-state index in [0.29, 0.717) is 6.79 Å². The Balaban J connectivity index is 3.84. The minimum atomic E-state index is 0.0167. The van der Waals surface area contributed by atoms with Crippen molar-refractivity contribution < 1.29 is 18.9 Å². The molecule has 0 saturated carbocycles. The highest BCUT2D eigenvalue weighted by atomic mass is 16.7. The molecule has 0 N–H and O–H groups in total. The van der Waals surface area contributed by atoms with E-state index in [2.05, 4.69) is 19.9 Å². The molecule has 4 nitrogen and oxygen atoms in total. The lowest BCUT2D eigenvalue weighted by Gasteiger charge is -2.19. The van der Waals surface area contributed by atoms with E-state index >= 15 is 0 Å². The van der Waals surface area contributed by atoms with Crippen LogP contribution in [0, 0.1) is 0 Å². The summed E-state index contributed by atoms with van der Waals surface area (Å²) >= 11 is 0. The number of rotatable bonds is 35. The topological polar surface area (TPSA) is 36.9 Å². The molecule has 0 heterocycles. The summed E-state index contributed by atoms with van der Waals surface area (Å²) < 4.78 is 22.5. The summed E-state index contributed by atoms with van der Waals surface area (Å²) in [6.07, 6.45) is 39.5. The second-order valence-electron chi connectivity index (χ2n) is 11.8. The average Bonchev–Trinajstić information content (AvgIpc) is 2.97. The standard InChI is InChI=1S/C36H72O4/c1-4-6-8-10-12-21-25-29-33-39-36(40-34-30-26-22-13-11-9-7-5-2)31-27-23-19-17-15-14-16-18-20-24-28-32-38-35-37-3/h28,32,36H,4-27,29-31,33-35H2,1-3H3. The van der Waals surface area contributed by atoms with Crippen molar-refractivity contribution in [1.29, 1.82) is 0 Å². The molecule has 0 rings (SSSR count). The van der Waals surface area contributed by atoms with Gasteiger partial charge >= 0.3 is 0 Å². The number of hydrogen-bond donors (Lipinski definition) is 0. The summed E-state index contributed by atoms with van der Waals surface area (Å²) in [7, 11) is 1.64. The summed E-state index contributed by atoms with van der Waals surface area (Å²) in [6, 6.07) is 0. The molecule has 0 aromatic rings. The molecule has 4 heteroatoms. The molecule has 0 unspecified atom stereocenters. The van der Waals surface area contributed by atoms with Crippen molar-refractivity contribution in [2.24, 2.45) is 0 Å². The zero-order valence-electron chi connectivity index (χ0n) is 27.6. The fourth-order valence-electron chi connectivity index (χ4n) is 5.17. The molecule has 0 aromatic heterocycles. The van der Waals surface area contributed by atoms with Gasteiger partial charge in [0.2, 0.25) is 0 Å². The number of ether oxygens (including phenoxy) is 4. The van der Waals surface area contributed by atoms with Gasteiger partial charge in [-0.25, -0.2) is 0 Å². The molecule has 40 heavy (non-hydrogen) atoms. The Bertz CT molecular complexity index is 446. The molecular formula is C36H72O4. The Morgan fingerprint density at radius 1 is 0.475 bits per heavy atom. The maximum absolute atomic E-state index is 6.24. The molecule has 0 fully saturated rings. The SMILES string of the molecule is CCCCCCCCCCOC(CCCCCCCCCCCC=COCOC)OCCCCCCCCCC. The molecule has 0 amide bonds. The summed E-state index contributed by atoms with van der Waals surface area (Å²) in [4.78, 5) is 0. The van der Waals surface area contributed by atoms with Crippen LogP contribution in [0.3, 0.4) is 0 Å². The highest BCUT2D eigenvalue weighted by Crippen LogP contribution is 2.16. The summed E-state index contributed by atoms with van der Waals surface area (Å²) in [6.45, 7) is 6.66. The molecule has 0 aliphatic heterocycles. The minimum Gasteiger partial charge on any atom is -0.476 e. The van der Waals surface area contributed by atoms with Gasteiger partial charge in [-0.3, -0.25) is 0 Å². The molecule has 0 bridgehead atoms. The third-order valence-corrected chi connectivity index (χ3v) is 7.79. The third-order valence-electron chi connectivity index (χ3n) is 7.79. The van der Waals surface area contributed by atoms with E-state index in [1.165, 1.54) is 161 Å². The van der Waals surface area contributed by atoms with Crippen molar-refractivity contribution in [2.75, 3.05) is 27.1 Å². The summed E-state index contributed by atoms with van der Waals surface area (Å²) in [5.41, 5.74) is 0. The summed E-state index contributed by atoms with van der Waals surface area (Å²) in [5.74, 6) is 0. The number of allylic oxidation sites excluding steroid dienone is 1. The van der Waals surface area contributed by atoms with Crippen LogP contribution in [0.5, 0.6) is 0 Å². The van der Waals surface area contributed by atoms with Gasteiger partial charge in [0.25, 0.3) is 0 Å². The van der Waals surface area contributed by atoms with Gasteiger partial charge in [-0.1, -0.05) is 149 Å². The minimum absolute atomic E-state index is 0.0167. The van der Waals surface area contributed by atoms with Crippen LogP contribution in [-0.4, -0.2) is 33.4 Å². The second-order valence-corrected chi connectivity index (χ2v) is 11.8. The Morgan fingerprint density at radius 3 is 1.32 bits per heavy atom. The van der Waals surface area contributed by atoms with Crippen molar-refractivity contribution in [3.63, 3.8) is 0 Å². The van der Waals surface area contributed by atoms with Crippen LogP contribution in [-0.2, 0) is 18.9 Å². The smallest absolute Gasteiger partial charge is 0.187 e. The van der Waals surface area contributed by atoms with E-state index in [1.54, 1.807) is 13.4 Å². The maximum Gasteiger partial charge on any atom is 0.187 e. The van der Waals surface area contributed by atoms with Gasteiger partial charge in [-0.2, -0.15) is 0 Å². The van der Waals surface area contributed by atoms with Crippen LogP contribution in [0.2, 0.25) is 0 Å². The fourth-order valence-corrected chi connectivity index (χ4v) is 5.17. The van der Waals surface area contributed by atoms with Crippen molar-refractivity contribution in [3.8, 4) is 0 Å². The molecule has 0 aromatic carbocycles. The molecule has 0 spiro atoms. The van der Waals surface area contributed by atoms with Crippen molar-refractivity contribution in [3.05, 3.63) is 12.3 Å². The van der Waals surface area contributed by atoms with Gasteiger partial charge < -0.3 is 18.9 Å². The zero-order chi connectivity index (χ0) is 29.0. The van der Waals surface area contributed by atoms with Crippen LogP contribution in [0.25, 0.3) is 0 Å². The van der Waals surface area contributed by atoms with Crippen LogP contribution >= 0.6 is 0 Å². The van der Waals surface area contributed by atoms with E-state index in [-0.39, 0.29) is 6.29 Å². The Morgan fingerprint density at radius 2 is 0.875 bits per heavy atom. The first kappa shape index (κ1) is 39.4. The lowest BCUT2D eigenvalue weighted by Crippen LogP contribution is -2.19. The quantitative estimate of drug-likeness (QED) is 0.0433. The largest absolute Gasteiger partial charge is 0.476 e. The van der Waals surface area contributed by atoms with Gasteiger partial charge in [-0.05, 0) is 44.6 Å². The van der Waals surface area contributed by atoms with E-state index < -0.39 is 0 Å². The predicted molar refractivity (Wildman–Crippen MR) is 174 cm³/mol. The number of hydrogen-bond acceptors (Lipinski definition) is 4. The average molecular weight is 569 g/mol. The van der Waals surface area contributed by atoms with Crippen LogP contribution in [0.4, 0.5) is 0 Å². The Kier molecular flexibility index (Phi) is 35.9. The van der Waals surface area contributed by atoms with Gasteiger partial charge in [0, 0.05) is 20.3 Å². The molecule has 0 aliphatic rings. The van der Waals surface area contributed by atoms with Crippen LogP contribution in [0.15, 0.2) is 12.3 Å². The highest BCUT2D eigenvalue weighted by Gasteiger charge is 2.09. The van der Waals surface area contributed by atoms with E-state index in [4.69, 9.17) is 18.9 Å². The van der Waals surface area contributed by atoms with Crippen molar-refractivity contribution in [2.45, 2.75) is 193 Å². The first-order chi connectivity index (χ1) is 19.8. The van der Waals surface area contributed by atoms with Crippen molar-refractivity contribution >= 4 is 0 Å². The van der Waals surface area contributed by atoms with E-state index in [0.717, 1.165) is 26.1 Å². The lowest BCUT2D eigenvalue weighted by atomic mass is 10.1. The number of methoxy groups -OCH3 is 1. The molecular weight excluding hydrogens is 496 g/mol. The number of unbranched alkanes of at least 4 members (excludes halogenated alkanes) is 23. The van der Waals surface area contributed by atoms with Crippen LogP contribution < -0.4 is 0 Å².